The molecule has 13 heteroatoms. The lowest BCUT2D eigenvalue weighted by Crippen LogP contribution is -2.20. The van der Waals surface area contributed by atoms with Gasteiger partial charge in [-0.3, -0.25) is 9.11 Å². The van der Waals surface area contributed by atoms with Gasteiger partial charge in [-0.25, -0.2) is 17.0 Å². The van der Waals surface area contributed by atoms with Gasteiger partial charge in [0.05, 0.1) is 22.7 Å². The van der Waals surface area contributed by atoms with E-state index in [0.717, 1.165) is 40.6 Å². The summed E-state index contributed by atoms with van der Waals surface area (Å²) in [4.78, 5) is 4.00. The van der Waals surface area contributed by atoms with Crippen molar-refractivity contribution in [3.63, 3.8) is 0 Å². The molecule has 1 radical (unpaired) electrons. The third-order valence-corrected chi connectivity index (χ3v) is 9.38. The second kappa shape index (κ2) is 14.6. The van der Waals surface area contributed by atoms with Gasteiger partial charge in [0.25, 0.3) is 22.5 Å². The molecule has 0 aliphatic heterocycles. The minimum Gasteiger partial charge on any atom is -0.526 e. The van der Waals surface area contributed by atoms with E-state index in [9.17, 15) is 17.5 Å². The molecule has 0 aliphatic carbocycles. The van der Waals surface area contributed by atoms with E-state index in [1.807, 2.05) is 98.7 Å². The third-order valence-electron chi connectivity index (χ3n) is 7.94. The summed E-state index contributed by atoms with van der Waals surface area (Å²) in [7, 11) is 8.95. The molecule has 10 nitrogen and oxygen atoms in total. The quantitative estimate of drug-likeness (QED) is 0.0995. The van der Waals surface area contributed by atoms with Gasteiger partial charge in [-0.15, -0.1) is 0 Å². The molecule has 2 atom stereocenters. The molecule has 249 valence electrons. The summed E-state index contributed by atoms with van der Waals surface area (Å²) >= 11 is -4.78. The highest BCUT2D eigenvalue weighted by molar-refractivity contribution is 7.81. The monoisotopic (exact) mass is 693 g/mol. The zero-order valence-corrected chi connectivity index (χ0v) is 28.9. The number of rotatable bonds is 12. The van der Waals surface area contributed by atoms with E-state index in [2.05, 4.69) is 0 Å². The van der Waals surface area contributed by atoms with E-state index < -0.39 is 22.5 Å². The van der Waals surface area contributed by atoms with Crippen LogP contribution in [0.3, 0.4) is 0 Å². The van der Waals surface area contributed by atoms with Gasteiger partial charge in [-0.05, 0) is 48.5 Å². The fraction of sp³-hybridized carbons (Fsp3) is 0.111. The van der Waals surface area contributed by atoms with Crippen molar-refractivity contribution in [1.29, 1.82) is 0 Å². The first kappa shape index (κ1) is 33.8. The van der Waals surface area contributed by atoms with Crippen molar-refractivity contribution in [3.05, 3.63) is 121 Å². The normalized spacial score (nSPS) is 12.3. The first-order valence-electron chi connectivity index (χ1n) is 15.2. The Morgan fingerprint density at radius 2 is 0.816 bits per heavy atom. The van der Waals surface area contributed by atoms with Gasteiger partial charge in [-0.1, -0.05) is 60.7 Å². The van der Waals surface area contributed by atoms with Crippen LogP contribution in [0.1, 0.15) is 0 Å². The number of nitrogens with zero attached hydrogens (tertiary/aromatic N) is 4. The van der Waals surface area contributed by atoms with Crippen molar-refractivity contribution >= 4 is 85.9 Å². The van der Waals surface area contributed by atoms with Crippen LogP contribution >= 0.6 is 0 Å². The largest absolute Gasteiger partial charge is 0.658 e. The zero-order valence-electron chi connectivity index (χ0n) is 27.3. The van der Waals surface area contributed by atoms with E-state index in [0.29, 0.717) is 34.2 Å². The van der Waals surface area contributed by atoms with Crippen molar-refractivity contribution in [1.82, 2.24) is 0 Å². The fourth-order valence-electron chi connectivity index (χ4n) is 5.82. The molecule has 0 fully saturated rings. The Morgan fingerprint density at radius 3 is 1.16 bits per heavy atom. The van der Waals surface area contributed by atoms with Gasteiger partial charge in [0.15, 0.2) is 0 Å². The third kappa shape index (κ3) is 7.06. The van der Waals surface area contributed by atoms with Crippen LogP contribution in [-0.2, 0) is 22.5 Å². The molecular formula is C36H34BN4O6S2. The van der Waals surface area contributed by atoms with E-state index in [1.54, 1.807) is 60.7 Å². The molecule has 0 saturated carbocycles. The van der Waals surface area contributed by atoms with Crippen LogP contribution in [0.25, 0.3) is 21.5 Å². The van der Waals surface area contributed by atoms with E-state index >= 15 is 0 Å². The molecule has 0 saturated heterocycles. The van der Waals surface area contributed by atoms with Crippen LogP contribution < -0.4 is 27.7 Å². The smallest absolute Gasteiger partial charge is 0.526 e. The van der Waals surface area contributed by atoms with E-state index in [1.165, 1.54) is 8.61 Å². The van der Waals surface area contributed by atoms with Crippen molar-refractivity contribution in [2.24, 2.45) is 0 Å². The second-order valence-corrected chi connectivity index (χ2v) is 13.1. The zero-order chi connectivity index (χ0) is 34.7. The molecule has 0 heterocycles. The van der Waals surface area contributed by atoms with Crippen LogP contribution in [0, 0.1) is 0 Å². The van der Waals surface area contributed by atoms with Crippen molar-refractivity contribution in [2.45, 2.75) is 0 Å². The van der Waals surface area contributed by atoms with Crippen LogP contribution in [0.15, 0.2) is 121 Å². The SMILES string of the molecule is CN(C)c1cccc2c(N(c3cccc(O[B]Oc4cccc(N(c5cccc6c(N(C)C)cccc56)S(=O)O)c4)c3)S(=O)O)cccc12. The van der Waals surface area contributed by atoms with Gasteiger partial charge >= 0.3 is 7.69 Å². The Hall–Kier alpha value is -5.08. The summed E-state index contributed by atoms with van der Waals surface area (Å²) in [6.07, 6.45) is 0. The molecule has 0 aromatic heterocycles. The van der Waals surface area contributed by atoms with Crippen LogP contribution in [-0.4, -0.2) is 53.4 Å². The summed E-state index contributed by atoms with van der Waals surface area (Å²) in [6, 6.07) is 36.5. The summed E-state index contributed by atoms with van der Waals surface area (Å²) in [5, 5.41) is 3.52. The standard InChI is InChI=1S/C36H34BN4O6S2/c1-38(2)33-19-7-17-31-29(33)15-9-21-35(31)40(48(42)43)25-11-5-13-27(23-25)46-37-47-28-14-6-12-26(24-28)41(49(44)45)36-22-10-16-30-32(36)18-8-20-34(30)39(3)4/h5-24H,1-4H3,(H,42,43)(H,44,45). The number of benzene rings is 6. The Labute approximate surface area is 291 Å². The Bertz CT molecular complexity index is 2030. The Balaban J connectivity index is 1.23. The van der Waals surface area contributed by atoms with Crippen molar-refractivity contribution in [3.8, 4) is 11.5 Å². The second-order valence-electron chi connectivity index (χ2n) is 11.5. The minimum absolute atomic E-state index is 0.365. The van der Waals surface area contributed by atoms with Gasteiger partial charge in [-0.2, -0.15) is 0 Å². The lowest BCUT2D eigenvalue weighted by Gasteiger charge is -2.24. The van der Waals surface area contributed by atoms with Gasteiger partial charge in [0, 0.05) is 73.2 Å². The first-order valence-corrected chi connectivity index (χ1v) is 17.3. The van der Waals surface area contributed by atoms with E-state index in [4.69, 9.17) is 9.31 Å². The highest BCUT2D eigenvalue weighted by Gasteiger charge is 2.21. The predicted octanol–water partition coefficient (Wildman–Crippen LogP) is 7.67. The summed E-state index contributed by atoms with van der Waals surface area (Å²) in [6.45, 7) is 0. The summed E-state index contributed by atoms with van der Waals surface area (Å²) in [5.41, 5.74) is 3.97. The van der Waals surface area contributed by atoms with E-state index in [-0.39, 0.29) is 0 Å². The van der Waals surface area contributed by atoms with Gasteiger partial charge in [0.2, 0.25) is 0 Å². The van der Waals surface area contributed by atoms with Gasteiger partial charge < -0.3 is 19.1 Å². The molecule has 0 spiro atoms. The minimum atomic E-state index is -2.39. The number of anilines is 6. The maximum absolute atomic E-state index is 12.7. The molecule has 2 N–H and O–H groups in total. The maximum Gasteiger partial charge on any atom is 0.658 e. The Morgan fingerprint density at radius 1 is 0.490 bits per heavy atom. The highest BCUT2D eigenvalue weighted by Crippen LogP contribution is 2.39. The fourth-order valence-corrected chi connectivity index (χ4v) is 7.06. The molecule has 6 rings (SSSR count). The Kier molecular flexibility index (Phi) is 10.1. The lowest BCUT2D eigenvalue weighted by molar-refractivity contribution is 0.459. The molecule has 0 bridgehead atoms. The van der Waals surface area contributed by atoms with Crippen LogP contribution in [0.5, 0.6) is 11.5 Å². The van der Waals surface area contributed by atoms with Gasteiger partial charge in [0.1, 0.15) is 11.5 Å². The summed E-state index contributed by atoms with van der Waals surface area (Å²) in [5.74, 6) is 0.729. The summed E-state index contributed by atoms with van der Waals surface area (Å²) < 4.78 is 60.6. The molecule has 6 aromatic carbocycles. The highest BCUT2D eigenvalue weighted by atomic mass is 32.2. The molecule has 0 aliphatic rings. The first-order chi connectivity index (χ1) is 23.6. The average Bonchev–Trinajstić information content (AvgIpc) is 3.08. The van der Waals surface area contributed by atoms with Crippen molar-refractivity contribution in [2.75, 3.05) is 46.6 Å². The molecule has 6 aromatic rings. The molecular weight excluding hydrogens is 659 g/mol. The van der Waals surface area contributed by atoms with Crippen LogP contribution in [0.2, 0.25) is 0 Å². The number of fused-ring (bicyclic) bond motifs is 2. The van der Waals surface area contributed by atoms with Crippen LogP contribution in [0.4, 0.5) is 34.1 Å². The predicted molar refractivity (Wildman–Crippen MR) is 202 cm³/mol. The number of hydrogen-bond donors (Lipinski definition) is 2. The average molecular weight is 694 g/mol. The van der Waals surface area contributed by atoms with Crippen molar-refractivity contribution < 1.29 is 26.8 Å². The molecule has 0 amide bonds. The molecule has 49 heavy (non-hydrogen) atoms. The lowest BCUT2D eigenvalue weighted by atomic mass is 10.1. The molecule has 2 unspecified atom stereocenters. The topological polar surface area (TPSA) is 106 Å². The number of hydrogen-bond acceptors (Lipinski definition) is 6. The maximum atomic E-state index is 12.7.